The van der Waals surface area contributed by atoms with Crippen LogP contribution in [-0.2, 0) is 4.79 Å². The van der Waals surface area contributed by atoms with Crippen LogP contribution in [0, 0.1) is 5.92 Å². The lowest BCUT2D eigenvalue weighted by molar-refractivity contribution is -0.125. The summed E-state index contributed by atoms with van der Waals surface area (Å²) in [6.07, 6.45) is -4.52. The monoisotopic (exact) mass is 394 g/mol. The highest BCUT2D eigenvalue weighted by Gasteiger charge is 2.34. The van der Waals surface area contributed by atoms with Gasteiger partial charge in [-0.2, -0.15) is 13.2 Å². The summed E-state index contributed by atoms with van der Waals surface area (Å²) < 4.78 is 36.1. The third-order valence-corrected chi connectivity index (χ3v) is 4.12. The Morgan fingerprint density at radius 1 is 1.19 bits per heavy atom. The second kappa shape index (κ2) is 9.75. The molecule has 0 radical (unpaired) electrons. The minimum atomic E-state index is -4.52. The second-order valence-corrected chi connectivity index (χ2v) is 6.05. The molecule has 1 aromatic rings. The first-order chi connectivity index (χ1) is 11.8. The third kappa shape index (κ3) is 6.81. The first-order valence-corrected chi connectivity index (χ1v) is 7.90. The predicted molar refractivity (Wildman–Crippen MR) is 93.0 cm³/mol. The van der Waals surface area contributed by atoms with Crippen LogP contribution < -0.4 is 16.4 Å². The summed E-state index contributed by atoms with van der Waals surface area (Å²) in [5, 5.41) is 3.50. The van der Waals surface area contributed by atoms with Gasteiger partial charge >= 0.3 is 12.2 Å². The van der Waals surface area contributed by atoms with Gasteiger partial charge in [0.25, 0.3) is 0 Å². The molecule has 0 saturated carbocycles. The van der Waals surface area contributed by atoms with Gasteiger partial charge in [-0.15, -0.1) is 12.4 Å². The molecule has 0 spiro atoms. The number of nitrogens with zero attached hydrogens (tertiary/aromatic N) is 1. The van der Waals surface area contributed by atoms with E-state index in [1.807, 2.05) is 40.5 Å². The lowest BCUT2D eigenvalue weighted by atomic mass is 9.89. The maximum atomic E-state index is 12.0. The molecule has 1 aliphatic rings. The van der Waals surface area contributed by atoms with E-state index in [-0.39, 0.29) is 30.8 Å². The van der Waals surface area contributed by atoms with Crippen LogP contribution in [0.25, 0.3) is 0 Å². The highest BCUT2D eigenvalue weighted by atomic mass is 35.5. The molecule has 0 bridgehead atoms. The van der Waals surface area contributed by atoms with Crippen molar-refractivity contribution in [3.8, 4) is 0 Å². The normalized spacial score (nSPS) is 20.3. The summed E-state index contributed by atoms with van der Waals surface area (Å²) in [5.41, 5.74) is 6.95. The van der Waals surface area contributed by atoms with E-state index in [9.17, 15) is 22.8 Å². The number of carbonyl (C=O) groups is 2. The van der Waals surface area contributed by atoms with E-state index >= 15 is 0 Å². The van der Waals surface area contributed by atoms with Crippen LogP contribution in [0.5, 0.6) is 0 Å². The highest BCUT2D eigenvalue weighted by Crippen LogP contribution is 2.31. The SMILES string of the molecule is Cl.NC[C@@H]1CN(CC(=O)NC(=O)NCC(F)(F)F)C[C@H]1c1ccccc1. The summed E-state index contributed by atoms with van der Waals surface area (Å²) in [5.74, 6) is -0.295. The molecule has 6 nitrogen and oxygen atoms in total. The van der Waals surface area contributed by atoms with Crippen LogP contribution in [0.1, 0.15) is 11.5 Å². The van der Waals surface area contributed by atoms with Crippen molar-refractivity contribution in [3.63, 3.8) is 0 Å². The largest absolute Gasteiger partial charge is 0.405 e. The number of hydrogen-bond donors (Lipinski definition) is 3. The number of halogens is 4. The molecule has 146 valence electrons. The van der Waals surface area contributed by atoms with Gasteiger partial charge in [-0.3, -0.25) is 15.0 Å². The molecule has 1 aromatic carbocycles. The topological polar surface area (TPSA) is 87.5 Å². The number of imide groups is 1. The molecule has 0 aromatic heterocycles. The lowest BCUT2D eigenvalue weighted by Gasteiger charge is -2.16. The molecule has 2 rings (SSSR count). The minimum Gasteiger partial charge on any atom is -0.330 e. The number of hydrogen-bond acceptors (Lipinski definition) is 4. The summed E-state index contributed by atoms with van der Waals surface area (Å²) in [4.78, 5) is 25.0. The average Bonchev–Trinajstić information content (AvgIpc) is 2.96. The number of nitrogens with one attached hydrogen (secondary N) is 2. The quantitative estimate of drug-likeness (QED) is 0.705. The maximum absolute atomic E-state index is 12.0. The van der Waals surface area contributed by atoms with Gasteiger partial charge in [0.05, 0.1) is 6.54 Å². The van der Waals surface area contributed by atoms with E-state index in [2.05, 4.69) is 0 Å². The van der Waals surface area contributed by atoms with E-state index in [1.165, 1.54) is 0 Å². The van der Waals surface area contributed by atoms with Crippen molar-refractivity contribution in [2.24, 2.45) is 11.7 Å². The number of alkyl halides is 3. The van der Waals surface area contributed by atoms with Gasteiger partial charge in [-0.1, -0.05) is 30.3 Å². The average molecular weight is 395 g/mol. The number of carbonyl (C=O) groups excluding carboxylic acids is 2. The molecule has 3 amide bonds. The van der Waals surface area contributed by atoms with Gasteiger partial charge in [0.2, 0.25) is 5.91 Å². The molecule has 1 saturated heterocycles. The molecule has 26 heavy (non-hydrogen) atoms. The van der Waals surface area contributed by atoms with Crippen molar-refractivity contribution < 1.29 is 22.8 Å². The number of benzene rings is 1. The molecule has 1 fully saturated rings. The Morgan fingerprint density at radius 3 is 2.42 bits per heavy atom. The van der Waals surface area contributed by atoms with Gasteiger partial charge < -0.3 is 11.1 Å². The van der Waals surface area contributed by atoms with Crippen LogP contribution in [0.15, 0.2) is 30.3 Å². The molecule has 0 aliphatic carbocycles. The zero-order valence-electron chi connectivity index (χ0n) is 14.0. The summed E-state index contributed by atoms with van der Waals surface area (Å²) >= 11 is 0. The van der Waals surface area contributed by atoms with Crippen molar-refractivity contribution in [3.05, 3.63) is 35.9 Å². The molecule has 4 N–H and O–H groups in total. The van der Waals surface area contributed by atoms with Gasteiger partial charge in [0.15, 0.2) is 0 Å². The smallest absolute Gasteiger partial charge is 0.330 e. The van der Waals surface area contributed by atoms with Crippen molar-refractivity contribution in [2.75, 3.05) is 32.7 Å². The number of likely N-dealkylation sites (tertiary alicyclic amines) is 1. The molecular formula is C16H22ClF3N4O2. The molecule has 2 atom stereocenters. The van der Waals surface area contributed by atoms with Gasteiger partial charge in [0, 0.05) is 19.0 Å². The van der Waals surface area contributed by atoms with Crippen molar-refractivity contribution in [2.45, 2.75) is 12.1 Å². The van der Waals surface area contributed by atoms with E-state index in [4.69, 9.17) is 5.73 Å². The highest BCUT2D eigenvalue weighted by molar-refractivity contribution is 5.95. The van der Waals surface area contributed by atoms with Crippen molar-refractivity contribution in [1.29, 1.82) is 0 Å². The second-order valence-electron chi connectivity index (χ2n) is 6.05. The molecule has 1 aliphatic heterocycles. The first kappa shape index (κ1) is 22.2. The van der Waals surface area contributed by atoms with Crippen LogP contribution in [0.4, 0.5) is 18.0 Å². The fourth-order valence-corrected chi connectivity index (χ4v) is 3.00. The van der Waals surface area contributed by atoms with Crippen LogP contribution in [0.2, 0.25) is 0 Å². The fraction of sp³-hybridized carbons (Fsp3) is 0.500. The van der Waals surface area contributed by atoms with Crippen LogP contribution >= 0.6 is 12.4 Å². The molecule has 1 heterocycles. The number of nitrogens with two attached hydrogens (primary N) is 1. The summed E-state index contributed by atoms with van der Waals surface area (Å²) in [6.45, 7) is 0.0985. The van der Waals surface area contributed by atoms with Gasteiger partial charge in [-0.25, -0.2) is 4.79 Å². The Hall–Kier alpha value is -1.84. The summed E-state index contributed by atoms with van der Waals surface area (Å²) in [7, 11) is 0. The molecule has 10 heteroatoms. The van der Waals surface area contributed by atoms with E-state index in [0.29, 0.717) is 19.6 Å². The zero-order valence-corrected chi connectivity index (χ0v) is 14.8. The van der Waals surface area contributed by atoms with Crippen LogP contribution in [0.3, 0.4) is 0 Å². The summed E-state index contributed by atoms with van der Waals surface area (Å²) in [6, 6.07) is 8.63. The minimum absolute atomic E-state index is 0. The Labute approximate surface area is 155 Å². The molecular weight excluding hydrogens is 373 g/mol. The van der Waals surface area contributed by atoms with E-state index < -0.39 is 24.7 Å². The Morgan fingerprint density at radius 2 is 1.85 bits per heavy atom. The standard InChI is InChI=1S/C16H21F3N4O2.ClH/c17-16(18,19)10-21-15(25)22-14(24)9-23-7-12(6-20)13(8-23)11-4-2-1-3-5-11;/h1-5,12-13H,6-10,20H2,(H2,21,22,24,25);1H/t12-,13+;/m1./s1. The number of rotatable bonds is 5. The molecule has 0 unspecified atom stereocenters. The predicted octanol–water partition coefficient (Wildman–Crippen LogP) is 1.47. The van der Waals surface area contributed by atoms with Crippen LogP contribution in [-0.4, -0.2) is 55.7 Å². The third-order valence-electron chi connectivity index (χ3n) is 4.12. The van der Waals surface area contributed by atoms with E-state index in [1.54, 1.807) is 5.32 Å². The lowest BCUT2D eigenvalue weighted by Crippen LogP contribution is -2.46. The number of urea groups is 1. The zero-order chi connectivity index (χ0) is 18.4. The Balaban J connectivity index is 0.00000338. The maximum Gasteiger partial charge on any atom is 0.405 e. The van der Waals surface area contributed by atoms with E-state index in [0.717, 1.165) is 5.56 Å². The van der Waals surface area contributed by atoms with Gasteiger partial charge in [-0.05, 0) is 18.0 Å². The number of amides is 3. The first-order valence-electron chi connectivity index (χ1n) is 7.90. The Kier molecular flexibility index (Phi) is 8.32. The van der Waals surface area contributed by atoms with Crippen molar-refractivity contribution in [1.82, 2.24) is 15.5 Å². The Bertz CT molecular complexity index is 601. The van der Waals surface area contributed by atoms with Crippen molar-refractivity contribution >= 4 is 24.3 Å². The fourth-order valence-electron chi connectivity index (χ4n) is 3.00. The van der Waals surface area contributed by atoms with Gasteiger partial charge in [0.1, 0.15) is 6.54 Å².